The summed E-state index contributed by atoms with van der Waals surface area (Å²) >= 11 is 0. The molecule has 0 bridgehead atoms. The molecule has 1 unspecified atom stereocenters. The molecule has 0 radical (unpaired) electrons. The maximum Gasteiger partial charge on any atom is 0.374 e. The van der Waals surface area contributed by atoms with Gasteiger partial charge in [0.15, 0.2) is 0 Å². The molecule has 0 saturated heterocycles. The van der Waals surface area contributed by atoms with Crippen LogP contribution in [0.2, 0.25) is 0 Å². The van der Waals surface area contributed by atoms with Crippen molar-refractivity contribution >= 4 is 7.60 Å². The van der Waals surface area contributed by atoms with Crippen LogP contribution in [0.3, 0.4) is 0 Å². The van der Waals surface area contributed by atoms with Gasteiger partial charge in [-0.2, -0.15) is 5.26 Å². The van der Waals surface area contributed by atoms with E-state index in [4.69, 9.17) is 10.2 Å². The highest BCUT2D eigenvalue weighted by Crippen LogP contribution is 2.40. The van der Waals surface area contributed by atoms with Crippen molar-refractivity contribution in [3.63, 3.8) is 0 Å². The molecule has 0 aromatic rings. The molecule has 0 aliphatic heterocycles. The minimum absolute atomic E-state index is 0.816. The highest BCUT2D eigenvalue weighted by molar-refractivity contribution is 7.52. The molecule has 0 aliphatic carbocycles. The van der Waals surface area contributed by atoms with E-state index in [-0.39, 0.29) is 0 Å². The van der Waals surface area contributed by atoms with Crippen molar-refractivity contribution in [3.8, 4) is 6.07 Å². The molecule has 0 fully saturated rings. The quantitative estimate of drug-likeness (QED) is 0.568. The molecule has 1 atom stereocenters. The Balaban J connectivity index is 3.78. The van der Waals surface area contributed by atoms with E-state index < -0.39 is 13.8 Å². The largest absolute Gasteiger partial charge is 0.374 e. The van der Waals surface area contributed by atoms with E-state index in [1.165, 1.54) is 6.07 Å². The average Bonchev–Trinajstić information content (AvgIpc) is 1.67. The summed E-state index contributed by atoms with van der Waals surface area (Å²) in [6.45, 7) is 0. The SMILES string of the molecule is N#CCP(=O)(O)OF. The first-order valence-electron chi connectivity index (χ1n) is 1.61. The minimum atomic E-state index is -4.20. The van der Waals surface area contributed by atoms with Gasteiger partial charge in [0.25, 0.3) is 0 Å². The third-order valence-electron chi connectivity index (χ3n) is 0.378. The molecule has 0 aromatic carbocycles. The van der Waals surface area contributed by atoms with Crippen LogP contribution in [-0.4, -0.2) is 11.1 Å². The van der Waals surface area contributed by atoms with E-state index in [1.807, 2.05) is 0 Å². The van der Waals surface area contributed by atoms with E-state index in [1.54, 1.807) is 0 Å². The van der Waals surface area contributed by atoms with Gasteiger partial charge in [0.1, 0.15) is 6.16 Å². The van der Waals surface area contributed by atoms with Gasteiger partial charge in [-0.15, -0.1) is 4.73 Å². The van der Waals surface area contributed by atoms with Crippen molar-refractivity contribution in [2.24, 2.45) is 0 Å². The third kappa shape index (κ3) is 2.69. The summed E-state index contributed by atoms with van der Waals surface area (Å²) in [7, 11) is -4.20. The lowest BCUT2D eigenvalue weighted by atomic mass is 10.9. The van der Waals surface area contributed by atoms with Crippen LogP contribution in [0.15, 0.2) is 0 Å². The Labute approximate surface area is 44.9 Å². The fourth-order valence-corrected chi connectivity index (χ4v) is 0.341. The highest BCUT2D eigenvalue weighted by atomic mass is 31.2. The van der Waals surface area contributed by atoms with Crippen molar-refractivity contribution in [3.05, 3.63) is 0 Å². The summed E-state index contributed by atoms with van der Waals surface area (Å²) < 4.78 is 23.3. The number of rotatable bonds is 2. The Hall–Kier alpha value is -0.430. The van der Waals surface area contributed by atoms with E-state index in [2.05, 4.69) is 4.73 Å². The molecule has 0 saturated carbocycles. The van der Waals surface area contributed by atoms with Gasteiger partial charge in [0.05, 0.1) is 6.07 Å². The number of hydrogen-bond donors (Lipinski definition) is 1. The van der Waals surface area contributed by atoms with Crippen LogP contribution in [0.5, 0.6) is 0 Å². The smallest absolute Gasteiger partial charge is 0.322 e. The molecule has 0 aromatic heterocycles. The van der Waals surface area contributed by atoms with Gasteiger partial charge in [-0.25, -0.2) is 0 Å². The van der Waals surface area contributed by atoms with Crippen molar-refractivity contribution in [2.45, 2.75) is 0 Å². The van der Waals surface area contributed by atoms with Crippen LogP contribution in [0.4, 0.5) is 4.53 Å². The third-order valence-corrected chi connectivity index (χ3v) is 1.14. The number of nitriles is 1. The lowest BCUT2D eigenvalue weighted by Crippen LogP contribution is -1.83. The molecular weight excluding hydrogens is 136 g/mol. The maximum atomic E-state index is 10.8. The standard InChI is InChI=1S/C2H3FNO3P/c3-7-8(5,6)2-1-4/h2H2,(H,5,6). The van der Waals surface area contributed by atoms with E-state index in [0.29, 0.717) is 0 Å². The van der Waals surface area contributed by atoms with E-state index in [9.17, 15) is 9.09 Å². The second kappa shape index (κ2) is 2.78. The molecule has 46 valence electrons. The Kier molecular flexibility index (Phi) is 2.63. The summed E-state index contributed by atoms with van der Waals surface area (Å²) in [6, 6.07) is 1.28. The van der Waals surface area contributed by atoms with Crippen LogP contribution < -0.4 is 0 Å². The van der Waals surface area contributed by atoms with Crippen LogP contribution in [0.1, 0.15) is 0 Å². The molecule has 0 rings (SSSR count). The van der Waals surface area contributed by atoms with Crippen molar-refractivity contribution in [1.82, 2.24) is 0 Å². The van der Waals surface area contributed by atoms with Crippen molar-refractivity contribution in [2.75, 3.05) is 6.16 Å². The Morgan fingerprint density at radius 1 is 2.00 bits per heavy atom. The first-order chi connectivity index (χ1) is 3.62. The van der Waals surface area contributed by atoms with E-state index in [0.717, 1.165) is 0 Å². The molecule has 0 spiro atoms. The number of hydrogen-bond acceptors (Lipinski definition) is 3. The van der Waals surface area contributed by atoms with Crippen LogP contribution >= 0.6 is 7.60 Å². The number of halogens is 1. The summed E-state index contributed by atoms with van der Waals surface area (Å²) in [5, 5.41) is 7.70. The van der Waals surface area contributed by atoms with Gasteiger partial charge in [-0.1, -0.05) is 0 Å². The lowest BCUT2D eigenvalue weighted by Gasteiger charge is -1.95. The summed E-state index contributed by atoms with van der Waals surface area (Å²) in [6.07, 6.45) is -0.816. The number of nitrogens with zero attached hydrogens (tertiary/aromatic N) is 1. The van der Waals surface area contributed by atoms with Crippen LogP contribution in [0.25, 0.3) is 0 Å². The van der Waals surface area contributed by atoms with Crippen molar-refractivity contribution in [1.29, 1.82) is 5.26 Å². The van der Waals surface area contributed by atoms with Gasteiger partial charge in [0.2, 0.25) is 0 Å². The molecule has 6 heteroatoms. The average molecular weight is 139 g/mol. The lowest BCUT2D eigenvalue weighted by molar-refractivity contribution is -0.0179. The molecule has 0 amide bonds. The zero-order valence-corrected chi connectivity index (χ0v) is 4.64. The fraction of sp³-hybridized carbons (Fsp3) is 0.500. The van der Waals surface area contributed by atoms with Gasteiger partial charge >= 0.3 is 7.60 Å². The predicted octanol–water partition coefficient (Wildman–Crippen LogP) is 0.596. The second-order valence-electron chi connectivity index (χ2n) is 1.02. The molecule has 1 N–H and O–H groups in total. The molecule has 0 heterocycles. The first-order valence-corrected chi connectivity index (χ1v) is 3.38. The van der Waals surface area contributed by atoms with Crippen molar-refractivity contribution < 1.29 is 18.7 Å². The zero-order chi connectivity index (χ0) is 6.62. The molecule has 0 aliphatic rings. The van der Waals surface area contributed by atoms with Gasteiger partial charge in [0, 0.05) is 0 Å². The summed E-state index contributed by atoms with van der Waals surface area (Å²) in [5.74, 6) is 0. The monoisotopic (exact) mass is 139 g/mol. The maximum absolute atomic E-state index is 10.8. The summed E-state index contributed by atoms with van der Waals surface area (Å²) in [5.41, 5.74) is 0. The van der Waals surface area contributed by atoms with Crippen LogP contribution in [-0.2, 0) is 9.29 Å². The Bertz CT molecular complexity index is 152. The predicted molar refractivity (Wildman–Crippen MR) is 22.5 cm³/mol. The summed E-state index contributed by atoms with van der Waals surface area (Å²) in [4.78, 5) is 8.06. The zero-order valence-electron chi connectivity index (χ0n) is 3.74. The molecular formula is C2H3FNO3P. The van der Waals surface area contributed by atoms with Gasteiger partial charge < -0.3 is 4.89 Å². The minimum Gasteiger partial charge on any atom is -0.322 e. The van der Waals surface area contributed by atoms with Crippen LogP contribution in [0, 0.1) is 11.3 Å². The highest BCUT2D eigenvalue weighted by Gasteiger charge is 2.18. The first kappa shape index (κ1) is 7.57. The molecule has 8 heavy (non-hydrogen) atoms. The topological polar surface area (TPSA) is 70.3 Å². The fourth-order valence-electron chi connectivity index (χ4n) is 0.114. The second-order valence-corrected chi connectivity index (χ2v) is 2.75. The molecule has 4 nitrogen and oxygen atoms in total. The van der Waals surface area contributed by atoms with Gasteiger partial charge in [-0.3, -0.25) is 4.57 Å². The Morgan fingerprint density at radius 2 is 2.50 bits per heavy atom. The van der Waals surface area contributed by atoms with Gasteiger partial charge in [-0.05, 0) is 4.53 Å². The normalized spacial score (nSPS) is 16.6. The Morgan fingerprint density at radius 3 is 2.62 bits per heavy atom. The van der Waals surface area contributed by atoms with E-state index >= 15 is 0 Å².